The van der Waals surface area contributed by atoms with Crippen molar-refractivity contribution in [1.29, 1.82) is 0 Å². The summed E-state index contributed by atoms with van der Waals surface area (Å²) in [4.78, 5) is 6.93. The normalized spacial score (nSPS) is 15.9. The van der Waals surface area contributed by atoms with E-state index in [1.165, 1.54) is 0 Å². The molecule has 1 aromatic carbocycles. The van der Waals surface area contributed by atoms with Crippen molar-refractivity contribution in [2.75, 3.05) is 46.0 Å². The number of hydrogen-bond acceptors (Lipinski definition) is 4. The average molecular weight is 558 g/mol. The van der Waals surface area contributed by atoms with Gasteiger partial charge in [-0.1, -0.05) is 12.1 Å². The summed E-state index contributed by atoms with van der Waals surface area (Å²) in [5, 5.41) is 6.54. The van der Waals surface area contributed by atoms with Crippen LogP contribution in [0.1, 0.15) is 31.9 Å². The van der Waals surface area contributed by atoms with E-state index in [-0.39, 0.29) is 41.8 Å². The van der Waals surface area contributed by atoms with Crippen molar-refractivity contribution in [3.05, 3.63) is 29.3 Å². The lowest BCUT2D eigenvalue weighted by Crippen LogP contribution is -2.56. The summed E-state index contributed by atoms with van der Waals surface area (Å²) in [6.07, 6.45) is -4.38. The summed E-state index contributed by atoms with van der Waals surface area (Å²) in [5.74, 6) is 0.821. The Morgan fingerprint density at radius 1 is 1.19 bits per heavy atom. The molecule has 31 heavy (non-hydrogen) atoms. The van der Waals surface area contributed by atoms with Crippen LogP contribution in [-0.2, 0) is 11.3 Å². The predicted molar refractivity (Wildman–Crippen MR) is 127 cm³/mol. The van der Waals surface area contributed by atoms with Crippen LogP contribution in [0.25, 0.3) is 0 Å². The average Bonchev–Trinajstić information content (AvgIpc) is 2.69. The van der Waals surface area contributed by atoms with E-state index in [4.69, 9.17) is 9.47 Å². The van der Waals surface area contributed by atoms with Crippen molar-refractivity contribution in [3.8, 4) is 5.75 Å². The van der Waals surface area contributed by atoms with Crippen molar-refractivity contribution in [2.45, 2.75) is 46.0 Å². The molecule has 0 unspecified atom stereocenters. The fraction of sp³-hybridized carbons (Fsp3) is 0.667. The number of halogens is 4. The Hall–Kier alpha value is -1.27. The minimum absolute atomic E-state index is 0. The van der Waals surface area contributed by atoms with Gasteiger partial charge >= 0.3 is 6.18 Å². The molecule has 0 aliphatic carbocycles. The lowest BCUT2D eigenvalue weighted by atomic mass is 10.0. The molecule has 0 atom stereocenters. The zero-order chi connectivity index (χ0) is 22.2. The molecule has 0 amide bonds. The number of alkyl halides is 3. The van der Waals surface area contributed by atoms with E-state index < -0.39 is 12.8 Å². The predicted octanol–water partition coefficient (Wildman–Crippen LogP) is 3.72. The Bertz CT molecular complexity index is 708. The van der Waals surface area contributed by atoms with E-state index in [9.17, 15) is 13.2 Å². The maximum absolute atomic E-state index is 12.6. The number of nitrogens with one attached hydrogen (secondary N) is 2. The van der Waals surface area contributed by atoms with E-state index in [1.54, 1.807) is 12.1 Å². The molecule has 0 bridgehead atoms. The van der Waals surface area contributed by atoms with Crippen LogP contribution in [0.2, 0.25) is 0 Å². The lowest BCUT2D eigenvalue weighted by molar-refractivity contribution is -0.153. The molecule has 6 nitrogen and oxygen atoms in total. The number of rotatable bonds is 8. The molecule has 1 saturated heterocycles. The van der Waals surface area contributed by atoms with Gasteiger partial charge in [-0.25, -0.2) is 4.99 Å². The number of ether oxygens (including phenoxy) is 2. The largest absolute Gasteiger partial charge is 0.484 e. The first-order valence-corrected chi connectivity index (χ1v) is 10.2. The molecule has 0 radical (unpaired) electrons. The first-order valence-electron chi connectivity index (χ1n) is 10.2. The molecule has 0 saturated carbocycles. The first kappa shape index (κ1) is 27.8. The lowest BCUT2D eigenvalue weighted by Gasteiger charge is -2.41. The van der Waals surface area contributed by atoms with Crippen molar-refractivity contribution in [1.82, 2.24) is 15.5 Å². The topological polar surface area (TPSA) is 58.1 Å². The highest BCUT2D eigenvalue weighted by atomic mass is 127. The maximum atomic E-state index is 12.6. The number of aliphatic imine (C=N–C) groups is 1. The number of nitrogens with zero attached hydrogens (tertiary/aromatic N) is 2. The summed E-state index contributed by atoms with van der Waals surface area (Å²) in [6.45, 7) is 11.6. The van der Waals surface area contributed by atoms with Crippen LogP contribution in [0.5, 0.6) is 5.75 Å². The van der Waals surface area contributed by atoms with Crippen molar-refractivity contribution in [2.24, 2.45) is 4.99 Å². The molecule has 2 N–H and O–H groups in total. The van der Waals surface area contributed by atoms with Crippen molar-refractivity contribution < 1.29 is 22.6 Å². The fourth-order valence-corrected chi connectivity index (χ4v) is 3.17. The second kappa shape index (κ2) is 12.7. The Morgan fingerprint density at radius 3 is 2.48 bits per heavy atom. The molecular weight excluding hydrogens is 524 g/mol. The quantitative estimate of drug-likeness (QED) is 0.290. The van der Waals surface area contributed by atoms with Gasteiger partial charge in [0, 0.05) is 37.3 Å². The van der Waals surface area contributed by atoms with Crippen LogP contribution < -0.4 is 15.4 Å². The van der Waals surface area contributed by atoms with Crippen molar-refractivity contribution >= 4 is 29.9 Å². The summed E-state index contributed by atoms with van der Waals surface area (Å²) < 4.78 is 48.1. The number of hydrogen-bond donors (Lipinski definition) is 2. The molecule has 1 aliphatic rings. The summed E-state index contributed by atoms with van der Waals surface area (Å²) in [7, 11) is 0. The molecule has 10 heteroatoms. The van der Waals surface area contributed by atoms with Gasteiger partial charge in [-0.15, -0.1) is 24.0 Å². The third-order valence-electron chi connectivity index (χ3n) is 4.92. The molecule has 1 aromatic rings. The van der Waals surface area contributed by atoms with Crippen LogP contribution in [-0.4, -0.2) is 68.6 Å². The summed E-state index contributed by atoms with van der Waals surface area (Å²) in [6, 6.07) is 5.21. The van der Waals surface area contributed by atoms with Crippen LogP contribution in [0.4, 0.5) is 13.2 Å². The van der Waals surface area contributed by atoms with Gasteiger partial charge in [0.25, 0.3) is 0 Å². The molecule has 1 aliphatic heterocycles. The SMILES string of the molecule is CCNC(=NCc1ccc(C)cc1OCC(F)(F)F)NCC(C)(C)N1CCOCC1.I. The standard InChI is InChI=1S/C21H33F3N4O2.HI/c1-5-25-19(27-14-20(3,4)28-8-10-29-11-9-28)26-13-17-7-6-16(2)12-18(17)30-15-21(22,23)24;/h6-7,12H,5,8-11,13-15H2,1-4H3,(H2,25,26,27);1H. The van der Waals surface area contributed by atoms with Crippen molar-refractivity contribution in [3.63, 3.8) is 0 Å². The zero-order valence-corrected chi connectivity index (χ0v) is 21.0. The molecular formula is C21H34F3IN4O2. The Labute approximate surface area is 200 Å². The van der Waals surface area contributed by atoms with Gasteiger partial charge in [0.15, 0.2) is 12.6 Å². The molecule has 0 spiro atoms. The third kappa shape index (κ3) is 9.82. The zero-order valence-electron chi connectivity index (χ0n) is 18.6. The van der Waals surface area contributed by atoms with Crippen LogP contribution in [0.3, 0.4) is 0 Å². The van der Waals surface area contributed by atoms with Crippen LogP contribution in [0, 0.1) is 6.92 Å². The highest BCUT2D eigenvalue weighted by molar-refractivity contribution is 14.0. The van der Waals surface area contributed by atoms with E-state index >= 15 is 0 Å². The van der Waals surface area contributed by atoms with Gasteiger partial charge in [-0.3, -0.25) is 4.90 Å². The van der Waals surface area contributed by atoms with Gasteiger partial charge in [0.05, 0.1) is 19.8 Å². The van der Waals surface area contributed by atoms with E-state index in [1.807, 2.05) is 19.9 Å². The number of aryl methyl sites for hydroxylation is 1. The number of morpholine rings is 1. The van der Waals surface area contributed by atoms with E-state index in [2.05, 4.69) is 34.4 Å². The summed E-state index contributed by atoms with van der Waals surface area (Å²) >= 11 is 0. The Morgan fingerprint density at radius 2 is 1.87 bits per heavy atom. The molecule has 1 fully saturated rings. The first-order chi connectivity index (χ1) is 14.1. The molecule has 1 heterocycles. The minimum atomic E-state index is -4.38. The van der Waals surface area contributed by atoms with Crippen LogP contribution in [0.15, 0.2) is 23.2 Å². The van der Waals surface area contributed by atoms with Gasteiger partial charge in [0.1, 0.15) is 5.75 Å². The molecule has 2 rings (SSSR count). The van der Waals surface area contributed by atoms with Gasteiger partial charge < -0.3 is 20.1 Å². The highest BCUT2D eigenvalue weighted by Crippen LogP contribution is 2.24. The Kier molecular flexibility index (Phi) is 11.4. The van der Waals surface area contributed by atoms with E-state index in [0.29, 0.717) is 24.6 Å². The number of benzene rings is 1. The summed E-state index contributed by atoms with van der Waals surface area (Å²) in [5.41, 5.74) is 1.34. The molecule has 178 valence electrons. The van der Waals surface area contributed by atoms with Gasteiger partial charge in [0.2, 0.25) is 0 Å². The fourth-order valence-electron chi connectivity index (χ4n) is 3.17. The molecule has 0 aromatic heterocycles. The number of guanidine groups is 1. The van der Waals surface area contributed by atoms with E-state index in [0.717, 1.165) is 31.9 Å². The van der Waals surface area contributed by atoms with Gasteiger partial charge in [-0.2, -0.15) is 13.2 Å². The van der Waals surface area contributed by atoms with Gasteiger partial charge in [-0.05, 0) is 39.3 Å². The second-order valence-corrected chi connectivity index (χ2v) is 7.98. The smallest absolute Gasteiger partial charge is 0.422 e. The second-order valence-electron chi connectivity index (χ2n) is 7.98. The Balaban J connectivity index is 0.00000480. The monoisotopic (exact) mass is 558 g/mol. The minimum Gasteiger partial charge on any atom is -0.484 e. The maximum Gasteiger partial charge on any atom is 0.422 e. The highest BCUT2D eigenvalue weighted by Gasteiger charge is 2.29. The third-order valence-corrected chi connectivity index (χ3v) is 4.92. The van der Waals surface area contributed by atoms with Crippen LogP contribution >= 0.6 is 24.0 Å².